The number of ether oxygens (including phenoxy) is 2. The Morgan fingerprint density at radius 2 is 2.00 bits per heavy atom. The Labute approximate surface area is 164 Å². The lowest BCUT2D eigenvalue weighted by molar-refractivity contribution is 0.0853. The second-order valence-corrected chi connectivity index (χ2v) is 6.74. The van der Waals surface area contributed by atoms with Crippen molar-refractivity contribution < 1.29 is 14.3 Å². The molecule has 0 unspecified atom stereocenters. The summed E-state index contributed by atoms with van der Waals surface area (Å²) in [7, 11) is 1.63. The number of nitrogens with zero attached hydrogens (tertiary/aromatic N) is 2. The van der Waals surface area contributed by atoms with Crippen molar-refractivity contribution in [3.8, 4) is 22.7 Å². The number of amides is 1. The monoisotopic (exact) mass is 377 g/mol. The summed E-state index contributed by atoms with van der Waals surface area (Å²) < 4.78 is 12.6. The van der Waals surface area contributed by atoms with Gasteiger partial charge >= 0.3 is 0 Å². The molecule has 28 heavy (non-hydrogen) atoms. The zero-order chi connectivity index (χ0) is 19.3. The van der Waals surface area contributed by atoms with Gasteiger partial charge in [0.25, 0.3) is 5.91 Å². The van der Waals surface area contributed by atoms with Gasteiger partial charge in [0, 0.05) is 18.7 Å². The predicted octanol–water partition coefficient (Wildman–Crippen LogP) is 3.46. The minimum absolute atomic E-state index is 0.0983. The van der Waals surface area contributed by atoms with Gasteiger partial charge in [-0.3, -0.25) is 4.79 Å². The summed E-state index contributed by atoms with van der Waals surface area (Å²) in [5.41, 5.74) is 3.09. The number of nitrogens with one attached hydrogen (secondary N) is 1. The molecule has 4 rings (SSSR count). The Hall–Kier alpha value is -3.12. The van der Waals surface area contributed by atoms with E-state index in [9.17, 15) is 4.79 Å². The average molecular weight is 377 g/mol. The largest absolute Gasteiger partial charge is 0.497 e. The Kier molecular flexibility index (Phi) is 5.39. The first kappa shape index (κ1) is 18.3. The fourth-order valence-electron chi connectivity index (χ4n) is 3.33. The van der Waals surface area contributed by atoms with Gasteiger partial charge in [0.05, 0.1) is 24.6 Å². The number of hydrogen-bond acceptors (Lipinski definition) is 4. The first-order valence-corrected chi connectivity index (χ1v) is 9.44. The molecule has 6 heteroatoms. The van der Waals surface area contributed by atoms with E-state index in [1.807, 2.05) is 60.7 Å². The van der Waals surface area contributed by atoms with Crippen LogP contribution in [-0.2, 0) is 4.74 Å². The van der Waals surface area contributed by atoms with Crippen LogP contribution in [0.3, 0.4) is 0 Å². The van der Waals surface area contributed by atoms with Gasteiger partial charge in [0.15, 0.2) is 5.69 Å². The number of aromatic nitrogens is 2. The number of hydrogen-bond donors (Lipinski definition) is 1. The van der Waals surface area contributed by atoms with E-state index >= 15 is 0 Å². The fourth-order valence-corrected chi connectivity index (χ4v) is 3.33. The zero-order valence-corrected chi connectivity index (χ0v) is 15.8. The highest BCUT2D eigenvalue weighted by molar-refractivity contribution is 5.93. The van der Waals surface area contributed by atoms with E-state index < -0.39 is 0 Å². The van der Waals surface area contributed by atoms with Crippen molar-refractivity contribution in [2.75, 3.05) is 20.3 Å². The molecule has 1 N–H and O–H groups in total. The quantitative estimate of drug-likeness (QED) is 0.715. The fraction of sp³-hybridized carbons (Fsp3) is 0.273. The molecule has 1 atom stereocenters. The van der Waals surface area contributed by atoms with Crippen molar-refractivity contribution in [3.63, 3.8) is 0 Å². The molecule has 1 amide bonds. The SMILES string of the molecule is COc1ccc(-n2nc(C(=O)NC[C@@H]3CCCO3)cc2-c2ccccc2)cc1. The van der Waals surface area contributed by atoms with Crippen LogP contribution in [0.4, 0.5) is 0 Å². The molecule has 0 aliphatic carbocycles. The highest BCUT2D eigenvalue weighted by Gasteiger charge is 2.20. The number of carbonyl (C=O) groups is 1. The third-order valence-corrected chi connectivity index (χ3v) is 4.84. The second kappa shape index (κ2) is 8.27. The summed E-state index contributed by atoms with van der Waals surface area (Å²) in [6.07, 6.45) is 2.13. The van der Waals surface area contributed by atoms with Crippen LogP contribution >= 0.6 is 0 Å². The molecule has 0 saturated carbocycles. The Bertz CT molecular complexity index is 929. The van der Waals surface area contributed by atoms with Crippen LogP contribution in [0.1, 0.15) is 23.3 Å². The molecule has 1 aromatic heterocycles. The third-order valence-electron chi connectivity index (χ3n) is 4.84. The lowest BCUT2D eigenvalue weighted by Gasteiger charge is -2.09. The molecule has 2 heterocycles. The molecule has 0 bridgehead atoms. The van der Waals surface area contributed by atoms with Crippen LogP contribution < -0.4 is 10.1 Å². The molecule has 0 spiro atoms. The summed E-state index contributed by atoms with van der Waals surface area (Å²) in [6.45, 7) is 1.28. The maximum atomic E-state index is 12.7. The first-order chi connectivity index (χ1) is 13.7. The minimum atomic E-state index is -0.194. The van der Waals surface area contributed by atoms with Crippen molar-refractivity contribution in [2.45, 2.75) is 18.9 Å². The Morgan fingerprint density at radius 3 is 2.68 bits per heavy atom. The predicted molar refractivity (Wildman–Crippen MR) is 107 cm³/mol. The molecular weight excluding hydrogens is 354 g/mol. The van der Waals surface area contributed by atoms with Crippen molar-refractivity contribution in [1.29, 1.82) is 0 Å². The zero-order valence-electron chi connectivity index (χ0n) is 15.8. The lowest BCUT2D eigenvalue weighted by atomic mass is 10.1. The summed E-state index contributed by atoms with van der Waals surface area (Å²) in [5, 5.41) is 7.52. The van der Waals surface area contributed by atoms with Gasteiger partial charge in [-0.15, -0.1) is 0 Å². The smallest absolute Gasteiger partial charge is 0.271 e. The van der Waals surface area contributed by atoms with Crippen LogP contribution in [0.5, 0.6) is 5.75 Å². The van der Waals surface area contributed by atoms with Crippen LogP contribution in [0, 0.1) is 0 Å². The van der Waals surface area contributed by atoms with E-state index in [2.05, 4.69) is 10.4 Å². The van der Waals surface area contributed by atoms with Crippen LogP contribution in [0.25, 0.3) is 16.9 Å². The molecular formula is C22H23N3O3. The highest BCUT2D eigenvalue weighted by atomic mass is 16.5. The van der Waals surface area contributed by atoms with E-state index in [1.165, 1.54) is 0 Å². The number of benzene rings is 2. The first-order valence-electron chi connectivity index (χ1n) is 9.44. The molecule has 1 fully saturated rings. The molecule has 2 aromatic carbocycles. The summed E-state index contributed by atoms with van der Waals surface area (Å²) in [6, 6.07) is 19.3. The van der Waals surface area contributed by atoms with Gasteiger partial charge in [0.2, 0.25) is 0 Å². The molecule has 1 aliphatic heterocycles. The highest BCUT2D eigenvalue weighted by Crippen LogP contribution is 2.25. The molecule has 6 nitrogen and oxygen atoms in total. The maximum Gasteiger partial charge on any atom is 0.271 e. The Morgan fingerprint density at radius 1 is 1.21 bits per heavy atom. The number of rotatable bonds is 6. The van der Waals surface area contributed by atoms with Gasteiger partial charge in [-0.1, -0.05) is 30.3 Å². The van der Waals surface area contributed by atoms with Crippen molar-refractivity contribution in [2.24, 2.45) is 0 Å². The lowest BCUT2D eigenvalue weighted by Crippen LogP contribution is -2.32. The molecule has 144 valence electrons. The number of carbonyl (C=O) groups excluding carboxylic acids is 1. The van der Waals surface area contributed by atoms with Crippen molar-refractivity contribution in [1.82, 2.24) is 15.1 Å². The second-order valence-electron chi connectivity index (χ2n) is 6.74. The third kappa shape index (κ3) is 3.92. The van der Waals surface area contributed by atoms with Gasteiger partial charge in [-0.2, -0.15) is 5.10 Å². The summed E-state index contributed by atoms with van der Waals surface area (Å²) in [4.78, 5) is 12.7. The van der Waals surface area contributed by atoms with E-state index in [-0.39, 0.29) is 12.0 Å². The maximum absolute atomic E-state index is 12.7. The molecule has 1 aliphatic rings. The topological polar surface area (TPSA) is 65.4 Å². The molecule has 1 saturated heterocycles. The average Bonchev–Trinajstić information content (AvgIpc) is 3.43. The Balaban J connectivity index is 1.64. The van der Waals surface area contributed by atoms with Gasteiger partial charge < -0.3 is 14.8 Å². The van der Waals surface area contributed by atoms with Crippen LogP contribution in [0.2, 0.25) is 0 Å². The van der Waals surface area contributed by atoms with E-state index in [1.54, 1.807) is 11.8 Å². The van der Waals surface area contributed by atoms with E-state index in [4.69, 9.17) is 9.47 Å². The minimum Gasteiger partial charge on any atom is -0.497 e. The van der Waals surface area contributed by atoms with Gasteiger partial charge in [-0.25, -0.2) is 4.68 Å². The molecule has 0 radical (unpaired) electrons. The van der Waals surface area contributed by atoms with Gasteiger partial charge in [-0.05, 0) is 43.2 Å². The number of methoxy groups -OCH3 is 1. The van der Waals surface area contributed by atoms with Gasteiger partial charge in [0.1, 0.15) is 5.75 Å². The summed E-state index contributed by atoms with van der Waals surface area (Å²) in [5.74, 6) is 0.576. The summed E-state index contributed by atoms with van der Waals surface area (Å²) >= 11 is 0. The standard InChI is InChI=1S/C22H23N3O3/c1-27-18-11-9-17(10-12-18)25-21(16-6-3-2-4-7-16)14-20(24-25)22(26)23-15-19-8-5-13-28-19/h2-4,6-7,9-12,14,19H,5,8,13,15H2,1H3,(H,23,26)/t19-/m0/s1. The van der Waals surface area contributed by atoms with Crippen LogP contribution in [0.15, 0.2) is 60.7 Å². The molecule has 3 aromatic rings. The van der Waals surface area contributed by atoms with Crippen molar-refractivity contribution in [3.05, 3.63) is 66.4 Å². The van der Waals surface area contributed by atoms with Crippen molar-refractivity contribution >= 4 is 5.91 Å². The van der Waals surface area contributed by atoms with Crippen LogP contribution in [-0.4, -0.2) is 42.1 Å². The van der Waals surface area contributed by atoms with E-state index in [0.717, 1.165) is 42.1 Å². The normalized spacial score (nSPS) is 16.1. The van der Waals surface area contributed by atoms with E-state index in [0.29, 0.717) is 12.2 Å².